The molecule has 1 amide bonds. The first-order chi connectivity index (χ1) is 11.2. The monoisotopic (exact) mass is 308 g/mol. The predicted octanol–water partition coefficient (Wildman–Crippen LogP) is 3.04. The summed E-state index contributed by atoms with van der Waals surface area (Å²) >= 11 is 0. The molecule has 1 N–H and O–H groups in total. The lowest BCUT2D eigenvalue weighted by atomic mass is 9.98. The Bertz CT molecular complexity index is 627. The molecule has 1 unspecified atom stereocenters. The number of benzene rings is 2. The van der Waals surface area contributed by atoms with Gasteiger partial charge in [-0.1, -0.05) is 67.6 Å². The van der Waals surface area contributed by atoms with Crippen molar-refractivity contribution in [3.63, 3.8) is 0 Å². The number of hydrogen-bond acceptors (Lipinski definition) is 2. The van der Waals surface area contributed by atoms with Crippen LogP contribution in [0.2, 0.25) is 0 Å². The molecule has 0 aliphatic carbocycles. The van der Waals surface area contributed by atoms with Crippen LogP contribution in [0.5, 0.6) is 0 Å². The van der Waals surface area contributed by atoms with Gasteiger partial charge >= 0.3 is 0 Å². The van der Waals surface area contributed by atoms with Crippen LogP contribution in [0.1, 0.15) is 24.1 Å². The summed E-state index contributed by atoms with van der Waals surface area (Å²) in [5, 5.41) is 3.51. The number of nitrogens with zero attached hydrogens (tertiary/aromatic N) is 1. The Hall–Kier alpha value is -2.13. The topological polar surface area (TPSA) is 32.3 Å². The molecule has 1 fully saturated rings. The summed E-state index contributed by atoms with van der Waals surface area (Å²) in [7, 11) is 0. The normalized spacial score (nSPS) is 19.3. The van der Waals surface area contributed by atoms with Gasteiger partial charge in [-0.05, 0) is 17.5 Å². The van der Waals surface area contributed by atoms with Gasteiger partial charge in [0, 0.05) is 31.6 Å². The van der Waals surface area contributed by atoms with Crippen molar-refractivity contribution >= 4 is 5.91 Å². The van der Waals surface area contributed by atoms with E-state index in [1.54, 1.807) is 0 Å². The smallest absolute Gasteiger partial charge is 0.225 e. The first kappa shape index (κ1) is 15.8. The van der Waals surface area contributed by atoms with Gasteiger partial charge in [0.15, 0.2) is 0 Å². The van der Waals surface area contributed by atoms with E-state index in [9.17, 15) is 4.79 Å². The molecule has 0 saturated carbocycles. The van der Waals surface area contributed by atoms with Crippen LogP contribution < -0.4 is 5.32 Å². The zero-order valence-corrected chi connectivity index (χ0v) is 13.6. The number of rotatable bonds is 4. The molecule has 1 aliphatic heterocycles. The first-order valence-corrected chi connectivity index (χ1v) is 8.35. The van der Waals surface area contributed by atoms with Crippen LogP contribution >= 0.6 is 0 Å². The van der Waals surface area contributed by atoms with Gasteiger partial charge in [0.25, 0.3) is 0 Å². The second kappa shape index (κ2) is 7.42. The van der Waals surface area contributed by atoms with E-state index in [4.69, 9.17) is 0 Å². The summed E-state index contributed by atoms with van der Waals surface area (Å²) in [6.45, 7) is 4.43. The van der Waals surface area contributed by atoms with Crippen LogP contribution in [0.3, 0.4) is 0 Å². The van der Waals surface area contributed by atoms with Crippen LogP contribution in [0.25, 0.3) is 0 Å². The molecule has 1 heterocycles. The zero-order chi connectivity index (χ0) is 16.1. The Kier molecular flexibility index (Phi) is 5.09. The van der Waals surface area contributed by atoms with E-state index < -0.39 is 0 Å². The Morgan fingerprint density at radius 1 is 1.13 bits per heavy atom. The third-order valence-corrected chi connectivity index (χ3v) is 4.50. The van der Waals surface area contributed by atoms with E-state index in [-0.39, 0.29) is 17.9 Å². The molecule has 3 rings (SSSR count). The van der Waals surface area contributed by atoms with Crippen LogP contribution in [0, 0.1) is 5.92 Å². The maximum Gasteiger partial charge on any atom is 0.225 e. The molecule has 2 aromatic rings. The molecular formula is C20H24N2O. The third kappa shape index (κ3) is 3.99. The first-order valence-electron chi connectivity index (χ1n) is 8.35. The van der Waals surface area contributed by atoms with Gasteiger partial charge in [-0.3, -0.25) is 4.79 Å². The molecule has 120 valence electrons. The minimum atomic E-state index is 0.0203. The minimum absolute atomic E-state index is 0.0203. The van der Waals surface area contributed by atoms with Crippen molar-refractivity contribution in [1.82, 2.24) is 10.2 Å². The van der Waals surface area contributed by atoms with Crippen molar-refractivity contribution in [1.29, 1.82) is 0 Å². The number of hydrogen-bond donors (Lipinski definition) is 1. The fourth-order valence-corrected chi connectivity index (χ4v) is 3.23. The molecule has 0 bridgehead atoms. The molecule has 1 saturated heterocycles. The fourth-order valence-electron chi connectivity index (χ4n) is 3.23. The van der Waals surface area contributed by atoms with Gasteiger partial charge in [0.1, 0.15) is 0 Å². The van der Waals surface area contributed by atoms with E-state index in [0.717, 1.165) is 26.1 Å². The average Bonchev–Trinajstić information content (AvgIpc) is 2.63. The number of carbonyl (C=O) groups is 1. The maximum absolute atomic E-state index is 12.8. The van der Waals surface area contributed by atoms with Crippen molar-refractivity contribution < 1.29 is 4.79 Å². The van der Waals surface area contributed by atoms with E-state index in [1.165, 1.54) is 11.1 Å². The highest BCUT2D eigenvalue weighted by atomic mass is 16.2. The Morgan fingerprint density at radius 2 is 1.78 bits per heavy atom. The summed E-state index contributed by atoms with van der Waals surface area (Å²) in [4.78, 5) is 14.8. The van der Waals surface area contributed by atoms with Gasteiger partial charge in [0.05, 0.1) is 0 Å². The van der Waals surface area contributed by atoms with E-state index in [1.807, 2.05) is 36.1 Å². The summed E-state index contributed by atoms with van der Waals surface area (Å²) in [5.41, 5.74) is 2.48. The van der Waals surface area contributed by atoms with Gasteiger partial charge in [0.2, 0.25) is 5.91 Å². The van der Waals surface area contributed by atoms with Gasteiger partial charge < -0.3 is 10.2 Å². The quantitative estimate of drug-likeness (QED) is 0.941. The Balaban J connectivity index is 1.62. The molecule has 2 atom stereocenters. The van der Waals surface area contributed by atoms with Crippen molar-refractivity contribution in [2.75, 3.05) is 19.6 Å². The predicted molar refractivity (Wildman–Crippen MR) is 93.1 cm³/mol. The summed E-state index contributed by atoms with van der Waals surface area (Å²) in [6.07, 6.45) is 0.805. The molecule has 3 nitrogen and oxygen atoms in total. The van der Waals surface area contributed by atoms with Crippen LogP contribution in [0.4, 0.5) is 0 Å². The summed E-state index contributed by atoms with van der Waals surface area (Å²) in [6, 6.07) is 20.9. The molecule has 0 aromatic heterocycles. The van der Waals surface area contributed by atoms with Crippen LogP contribution in [0.15, 0.2) is 60.7 Å². The number of amides is 1. The molecule has 0 radical (unpaired) electrons. The van der Waals surface area contributed by atoms with Crippen LogP contribution in [-0.2, 0) is 11.2 Å². The van der Waals surface area contributed by atoms with Gasteiger partial charge in [-0.2, -0.15) is 0 Å². The van der Waals surface area contributed by atoms with Crippen molar-refractivity contribution in [3.8, 4) is 0 Å². The number of carbonyl (C=O) groups excluding carboxylic acids is 1. The molecular weight excluding hydrogens is 284 g/mol. The number of nitrogens with one attached hydrogen (secondary N) is 1. The van der Waals surface area contributed by atoms with Crippen LogP contribution in [-0.4, -0.2) is 30.4 Å². The zero-order valence-electron chi connectivity index (χ0n) is 13.6. The molecule has 23 heavy (non-hydrogen) atoms. The van der Waals surface area contributed by atoms with Crippen molar-refractivity contribution in [2.24, 2.45) is 5.92 Å². The molecule has 0 spiro atoms. The minimum Gasteiger partial charge on any atom is -0.339 e. The molecule has 1 aliphatic rings. The maximum atomic E-state index is 12.8. The SMILES string of the molecule is C[C@@H](Cc1ccccc1)C(=O)N1CCNC(c2ccccc2)C1. The van der Waals surface area contributed by atoms with Gasteiger partial charge in [-0.25, -0.2) is 0 Å². The largest absolute Gasteiger partial charge is 0.339 e. The molecule has 3 heteroatoms. The fraction of sp³-hybridized carbons (Fsp3) is 0.350. The second-order valence-corrected chi connectivity index (χ2v) is 6.29. The van der Waals surface area contributed by atoms with E-state index in [0.29, 0.717) is 0 Å². The van der Waals surface area contributed by atoms with Crippen molar-refractivity contribution in [2.45, 2.75) is 19.4 Å². The highest BCUT2D eigenvalue weighted by Crippen LogP contribution is 2.19. The molecule has 2 aromatic carbocycles. The summed E-state index contributed by atoms with van der Waals surface area (Å²) < 4.78 is 0. The summed E-state index contributed by atoms with van der Waals surface area (Å²) in [5.74, 6) is 0.281. The van der Waals surface area contributed by atoms with Gasteiger partial charge in [-0.15, -0.1) is 0 Å². The lowest BCUT2D eigenvalue weighted by molar-refractivity contribution is -0.136. The highest BCUT2D eigenvalue weighted by molar-refractivity contribution is 5.79. The lowest BCUT2D eigenvalue weighted by Crippen LogP contribution is -2.50. The number of piperazine rings is 1. The second-order valence-electron chi connectivity index (χ2n) is 6.29. The Morgan fingerprint density at radius 3 is 2.48 bits per heavy atom. The standard InChI is InChI=1S/C20H24N2O/c1-16(14-17-8-4-2-5-9-17)20(23)22-13-12-21-19(15-22)18-10-6-3-7-11-18/h2-11,16,19,21H,12-15H2,1H3/t16-,19?/m0/s1. The lowest BCUT2D eigenvalue weighted by Gasteiger charge is -2.35. The highest BCUT2D eigenvalue weighted by Gasteiger charge is 2.27. The Labute approximate surface area is 138 Å². The van der Waals surface area contributed by atoms with E-state index >= 15 is 0 Å². The average molecular weight is 308 g/mol. The van der Waals surface area contributed by atoms with E-state index in [2.05, 4.69) is 41.7 Å². The van der Waals surface area contributed by atoms with Crippen molar-refractivity contribution in [3.05, 3.63) is 71.8 Å². The third-order valence-electron chi connectivity index (χ3n) is 4.50.